The highest BCUT2D eigenvalue weighted by atomic mass is 15.2. The summed E-state index contributed by atoms with van der Waals surface area (Å²) in [5, 5.41) is 8.46. The van der Waals surface area contributed by atoms with Gasteiger partial charge in [-0.3, -0.25) is 4.57 Å². The zero-order valence-electron chi connectivity index (χ0n) is 30.5. The number of para-hydroxylation sites is 4. The molecule has 4 nitrogen and oxygen atoms in total. The van der Waals surface area contributed by atoms with E-state index in [9.17, 15) is 0 Å². The van der Waals surface area contributed by atoms with Crippen molar-refractivity contribution < 1.29 is 0 Å². The van der Waals surface area contributed by atoms with Gasteiger partial charge in [0.25, 0.3) is 0 Å². The van der Waals surface area contributed by atoms with Gasteiger partial charge in [0.05, 0.1) is 33.3 Å². The SMILES string of the molecule is C1=Cc2c(c(-c3cc4c5ccccc5n(-c5ccccc5)c4c4ccccc34)cc3c4ccccc4n(-c4nc(-c5ccccc5)c5ccccc5n4)c23)CC1. The molecule has 1 aliphatic carbocycles. The van der Waals surface area contributed by atoms with Crippen LogP contribution in [0.4, 0.5) is 0 Å². The second-order valence-corrected chi connectivity index (χ2v) is 14.8. The van der Waals surface area contributed by atoms with Gasteiger partial charge in [-0.2, -0.15) is 0 Å². The summed E-state index contributed by atoms with van der Waals surface area (Å²) in [6.45, 7) is 0. The average Bonchev–Trinajstić information content (AvgIpc) is 3.79. The minimum absolute atomic E-state index is 0.684. The molecule has 262 valence electrons. The fourth-order valence-corrected chi connectivity index (χ4v) is 9.39. The zero-order chi connectivity index (χ0) is 36.7. The highest BCUT2D eigenvalue weighted by molar-refractivity contribution is 6.23. The molecule has 4 heteroatoms. The predicted molar refractivity (Wildman–Crippen MR) is 234 cm³/mol. The lowest BCUT2D eigenvalue weighted by molar-refractivity contribution is 0.978. The average molecular weight is 715 g/mol. The van der Waals surface area contributed by atoms with Crippen molar-refractivity contribution in [2.24, 2.45) is 0 Å². The maximum absolute atomic E-state index is 5.40. The van der Waals surface area contributed by atoms with Gasteiger partial charge in [-0.05, 0) is 77.4 Å². The van der Waals surface area contributed by atoms with Crippen LogP contribution >= 0.6 is 0 Å². The normalized spacial score (nSPS) is 12.8. The van der Waals surface area contributed by atoms with Crippen molar-refractivity contribution in [3.8, 4) is 34.0 Å². The molecule has 56 heavy (non-hydrogen) atoms. The van der Waals surface area contributed by atoms with Crippen LogP contribution in [0.5, 0.6) is 0 Å². The molecular weight excluding hydrogens is 681 g/mol. The molecule has 0 N–H and O–H groups in total. The van der Waals surface area contributed by atoms with Gasteiger partial charge in [-0.1, -0.05) is 140 Å². The summed E-state index contributed by atoms with van der Waals surface area (Å²) < 4.78 is 4.76. The van der Waals surface area contributed by atoms with Gasteiger partial charge < -0.3 is 4.57 Å². The Morgan fingerprint density at radius 1 is 0.446 bits per heavy atom. The van der Waals surface area contributed by atoms with E-state index in [1.54, 1.807) is 0 Å². The molecule has 12 rings (SSSR count). The van der Waals surface area contributed by atoms with E-state index < -0.39 is 0 Å². The van der Waals surface area contributed by atoms with Crippen molar-refractivity contribution in [3.05, 3.63) is 187 Å². The van der Waals surface area contributed by atoms with Crippen molar-refractivity contribution in [2.75, 3.05) is 0 Å². The third kappa shape index (κ3) is 4.47. The molecule has 0 aliphatic heterocycles. The van der Waals surface area contributed by atoms with E-state index >= 15 is 0 Å². The Morgan fingerprint density at radius 3 is 1.80 bits per heavy atom. The molecule has 0 saturated heterocycles. The number of allylic oxidation sites excluding steroid dienone is 1. The van der Waals surface area contributed by atoms with Gasteiger partial charge in [0.15, 0.2) is 0 Å². The van der Waals surface area contributed by atoms with Crippen molar-refractivity contribution in [1.29, 1.82) is 0 Å². The van der Waals surface area contributed by atoms with Crippen LogP contribution in [0.1, 0.15) is 17.5 Å². The molecule has 0 unspecified atom stereocenters. The number of aromatic nitrogens is 4. The molecule has 0 amide bonds. The topological polar surface area (TPSA) is 35.6 Å². The van der Waals surface area contributed by atoms with E-state index in [1.807, 2.05) is 0 Å². The molecule has 0 atom stereocenters. The molecular formula is C52H34N4. The molecule has 0 radical (unpaired) electrons. The lowest BCUT2D eigenvalue weighted by atomic mass is 9.85. The van der Waals surface area contributed by atoms with Crippen molar-refractivity contribution in [2.45, 2.75) is 12.8 Å². The predicted octanol–water partition coefficient (Wildman–Crippen LogP) is 13.3. The van der Waals surface area contributed by atoms with E-state index in [-0.39, 0.29) is 0 Å². The summed E-state index contributed by atoms with van der Waals surface area (Å²) in [7, 11) is 0. The van der Waals surface area contributed by atoms with Crippen LogP contribution in [-0.2, 0) is 6.42 Å². The second-order valence-electron chi connectivity index (χ2n) is 14.8. The van der Waals surface area contributed by atoms with E-state index in [1.165, 1.54) is 71.3 Å². The maximum atomic E-state index is 5.40. The van der Waals surface area contributed by atoms with Crippen LogP contribution < -0.4 is 0 Å². The fraction of sp³-hybridized carbons (Fsp3) is 0.0385. The van der Waals surface area contributed by atoms with Gasteiger partial charge in [0.1, 0.15) is 0 Å². The zero-order valence-corrected chi connectivity index (χ0v) is 30.5. The Hall–Kier alpha value is -7.30. The number of hydrogen-bond donors (Lipinski definition) is 0. The number of nitrogens with zero attached hydrogens (tertiary/aromatic N) is 4. The number of hydrogen-bond acceptors (Lipinski definition) is 2. The van der Waals surface area contributed by atoms with Crippen LogP contribution in [-0.4, -0.2) is 19.1 Å². The van der Waals surface area contributed by atoms with Crippen LogP contribution in [0.25, 0.3) is 105 Å². The van der Waals surface area contributed by atoms with Gasteiger partial charge in [0, 0.05) is 49.1 Å². The Kier molecular flexibility index (Phi) is 6.72. The van der Waals surface area contributed by atoms with Gasteiger partial charge >= 0.3 is 0 Å². The minimum Gasteiger partial charge on any atom is -0.309 e. The van der Waals surface area contributed by atoms with Gasteiger partial charge in [0.2, 0.25) is 5.95 Å². The molecule has 0 fully saturated rings. The standard InChI is InChI=1S/C52H34N4/c1-3-17-33(18-4-1)49-41-27-11-14-28-46(41)53-52(54-49)56-48-30-16-13-24-38(48)45-32-43(36-22-8-10-26-40(36)51(45)56)42-31-44-37-23-12-15-29-47(37)55(34-19-5-2-6-20-34)50(44)39-25-9-7-21-35(39)42/h1-7,9-21,23-32H,8,22H2. The quantitative estimate of drug-likeness (QED) is 0.182. The van der Waals surface area contributed by atoms with E-state index in [2.05, 4.69) is 191 Å². The van der Waals surface area contributed by atoms with Crippen molar-refractivity contribution >= 4 is 71.4 Å². The summed E-state index contributed by atoms with van der Waals surface area (Å²) in [6, 6.07) is 61.1. The number of benzene rings is 8. The minimum atomic E-state index is 0.684. The summed E-state index contributed by atoms with van der Waals surface area (Å²) in [4.78, 5) is 10.7. The largest absolute Gasteiger partial charge is 0.309 e. The van der Waals surface area contributed by atoms with Gasteiger partial charge in [-0.25, -0.2) is 9.97 Å². The smallest absolute Gasteiger partial charge is 0.235 e. The van der Waals surface area contributed by atoms with Crippen LogP contribution in [0, 0.1) is 0 Å². The Balaban J connectivity index is 1.20. The fourth-order valence-electron chi connectivity index (χ4n) is 9.39. The van der Waals surface area contributed by atoms with Crippen molar-refractivity contribution in [1.82, 2.24) is 19.1 Å². The van der Waals surface area contributed by atoms with E-state index in [4.69, 9.17) is 9.97 Å². The summed E-state index contributed by atoms with van der Waals surface area (Å²) in [5.41, 5.74) is 14.0. The maximum Gasteiger partial charge on any atom is 0.235 e. The number of fused-ring (bicyclic) bond motifs is 11. The molecule has 3 heterocycles. The van der Waals surface area contributed by atoms with Gasteiger partial charge in [-0.15, -0.1) is 0 Å². The van der Waals surface area contributed by atoms with E-state index in [0.717, 1.165) is 46.0 Å². The van der Waals surface area contributed by atoms with Crippen LogP contribution in [0.2, 0.25) is 0 Å². The lowest BCUT2D eigenvalue weighted by Crippen LogP contribution is -2.06. The first-order valence-electron chi connectivity index (χ1n) is 19.4. The summed E-state index contributed by atoms with van der Waals surface area (Å²) in [5.74, 6) is 0.684. The Bertz CT molecular complexity index is 3410. The first-order chi connectivity index (χ1) is 27.8. The Morgan fingerprint density at radius 2 is 1.04 bits per heavy atom. The van der Waals surface area contributed by atoms with Crippen LogP contribution in [0.15, 0.2) is 176 Å². The molecule has 0 spiro atoms. The highest BCUT2D eigenvalue weighted by Crippen LogP contribution is 2.46. The number of rotatable bonds is 4. The summed E-state index contributed by atoms with van der Waals surface area (Å²) >= 11 is 0. The lowest BCUT2D eigenvalue weighted by Gasteiger charge is -2.21. The molecule has 0 bridgehead atoms. The van der Waals surface area contributed by atoms with Crippen LogP contribution in [0.3, 0.4) is 0 Å². The van der Waals surface area contributed by atoms with Crippen molar-refractivity contribution in [3.63, 3.8) is 0 Å². The monoisotopic (exact) mass is 714 g/mol. The third-order valence-electron chi connectivity index (χ3n) is 11.8. The van der Waals surface area contributed by atoms with E-state index in [0.29, 0.717) is 5.95 Å². The third-order valence-corrected chi connectivity index (χ3v) is 11.8. The molecule has 1 aliphatic rings. The Labute approximate surface area is 323 Å². The highest BCUT2D eigenvalue weighted by Gasteiger charge is 2.26. The second kappa shape index (κ2) is 12.1. The first-order valence-corrected chi connectivity index (χ1v) is 19.4. The first kappa shape index (κ1) is 31.1. The molecule has 11 aromatic rings. The molecule has 8 aromatic carbocycles. The molecule has 0 saturated carbocycles. The summed E-state index contributed by atoms with van der Waals surface area (Å²) in [6.07, 6.45) is 6.62. The molecule has 3 aromatic heterocycles.